The zero-order chi connectivity index (χ0) is 14.1. The lowest BCUT2D eigenvalue weighted by Crippen LogP contribution is -2.41. The lowest BCUT2D eigenvalue weighted by molar-refractivity contribution is 0.310. The first-order chi connectivity index (χ1) is 9.11. The highest BCUT2D eigenvalue weighted by Gasteiger charge is 1.99. The Bertz CT molecular complexity index is 396. The lowest BCUT2D eigenvalue weighted by Gasteiger charge is -2.14. The van der Waals surface area contributed by atoms with Gasteiger partial charge in [0.15, 0.2) is 5.96 Å². The molecule has 4 nitrogen and oxygen atoms in total. The highest BCUT2D eigenvalue weighted by molar-refractivity contribution is 14.0. The van der Waals surface area contributed by atoms with Crippen LogP contribution < -0.4 is 15.4 Å². The van der Waals surface area contributed by atoms with Crippen LogP contribution in [0.15, 0.2) is 29.3 Å². The number of hydrogen-bond donors (Lipinski definition) is 2. The van der Waals surface area contributed by atoms with E-state index in [2.05, 4.69) is 29.5 Å². The molecule has 1 aromatic rings. The van der Waals surface area contributed by atoms with Crippen molar-refractivity contribution < 1.29 is 9.13 Å². The maximum atomic E-state index is 12.7. The summed E-state index contributed by atoms with van der Waals surface area (Å²) in [6, 6.07) is 6.38. The van der Waals surface area contributed by atoms with Crippen molar-refractivity contribution in [2.24, 2.45) is 4.99 Å². The van der Waals surface area contributed by atoms with Crippen LogP contribution in [0.1, 0.15) is 20.3 Å². The molecule has 1 rings (SSSR count). The molecule has 0 aliphatic heterocycles. The van der Waals surface area contributed by atoms with Gasteiger partial charge in [0.25, 0.3) is 0 Å². The number of halogens is 2. The van der Waals surface area contributed by atoms with Gasteiger partial charge in [0.2, 0.25) is 0 Å². The van der Waals surface area contributed by atoms with Crippen molar-refractivity contribution in [2.45, 2.75) is 26.3 Å². The van der Waals surface area contributed by atoms with Crippen molar-refractivity contribution in [2.75, 3.05) is 20.2 Å². The average molecular weight is 395 g/mol. The summed E-state index contributed by atoms with van der Waals surface area (Å²) in [5.41, 5.74) is 0. The Morgan fingerprint density at radius 2 is 1.95 bits per heavy atom. The van der Waals surface area contributed by atoms with Gasteiger partial charge in [0.1, 0.15) is 11.6 Å². The summed E-state index contributed by atoms with van der Waals surface area (Å²) >= 11 is 0. The van der Waals surface area contributed by atoms with E-state index >= 15 is 0 Å². The van der Waals surface area contributed by atoms with Crippen molar-refractivity contribution in [3.05, 3.63) is 30.1 Å². The van der Waals surface area contributed by atoms with Crippen LogP contribution in [0.2, 0.25) is 0 Å². The van der Waals surface area contributed by atoms with Crippen LogP contribution in [0.5, 0.6) is 5.75 Å². The molecule has 0 spiro atoms. The number of nitrogens with zero attached hydrogens (tertiary/aromatic N) is 1. The molecule has 0 radical (unpaired) electrons. The standard InChI is InChI=1S/C14H22FN3O.HI/c1-11(2)18-14(16-3)17-9-4-10-19-13-7-5-12(15)6-8-13;/h5-8,11H,4,9-10H2,1-3H3,(H2,16,17,18);1H. The molecule has 114 valence electrons. The second-order valence-corrected chi connectivity index (χ2v) is 4.45. The first-order valence-corrected chi connectivity index (χ1v) is 6.47. The quantitative estimate of drug-likeness (QED) is 0.337. The third-order valence-corrected chi connectivity index (χ3v) is 2.34. The number of benzene rings is 1. The minimum atomic E-state index is -0.252. The molecule has 1 aromatic carbocycles. The van der Waals surface area contributed by atoms with Gasteiger partial charge in [-0.05, 0) is 44.5 Å². The Kier molecular flexibility index (Phi) is 10.1. The number of nitrogens with one attached hydrogen (secondary N) is 2. The Hall–Kier alpha value is -1.05. The average Bonchev–Trinajstić information content (AvgIpc) is 2.38. The van der Waals surface area contributed by atoms with E-state index in [1.807, 2.05) is 0 Å². The van der Waals surface area contributed by atoms with Gasteiger partial charge >= 0.3 is 0 Å². The Balaban J connectivity index is 0.00000361. The summed E-state index contributed by atoms with van der Waals surface area (Å²) in [7, 11) is 1.74. The second-order valence-electron chi connectivity index (χ2n) is 4.45. The largest absolute Gasteiger partial charge is 0.494 e. The summed E-state index contributed by atoms with van der Waals surface area (Å²) in [5.74, 6) is 1.22. The van der Waals surface area contributed by atoms with Gasteiger partial charge in [0.05, 0.1) is 6.61 Å². The van der Waals surface area contributed by atoms with Crippen LogP contribution in [0.3, 0.4) is 0 Å². The predicted molar refractivity (Wildman–Crippen MR) is 91.6 cm³/mol. The SMILES string of the molecule is CN=C(NCCCOc1ccc(F)cc1)NC(C)C.I. The molecule has 0 heterocycles. The van der Waals surface area contributed by atoms with Crippen molar-refractivity contribution in [3.63, 3.8) is 0 Å². The van der Waals surface area contributed by atoms with E-state index in [0.717, 1.165) is 18.9 Å². The van der Waals surface area contributed by atoms with E-state index in [4.69, 9.17) is 4.74 Å². The Morgan fingerprint density at radius 3 is 2.50 bits per heavy atom. The monoisotopic (exact) mass is 395 g/mol. The summed E-state index contributed by atoms with van der Waals surface area (Å²) in [5, 5.41) is 6.40. The molecule has 6 heteroatoms. The Morgan fingerprint density at radius 1 is 1.30 bits per heavy atom. The van der Waals surface area contributed by atoms with Crippen molar-refractivity contribution >= 4 is 29.9 Å². The zero-order valence-electron chi connectivity index (χ0n) is 12.1. The number of guanidine groups is 1. The Labute approximate surface area is 137 Å². The van der Waals surface area contributed by atoms with Gasteiger partial charge in [-0.2, -0.15) is 0 Å². The molecular formula is C14H23FIN3O. The van der Waals surface area contributed by atoms with Gasteiger partial charge in [-0.15, -0.1) is 24.0 Å². The molecular weight excluding hydrogens is 372 g/mol. The predicted octanol–water partition coefficient (Wildman–Crippen LogP) is 2.79. The van der Waals surface area contributed by atoms with Gasteiger partial charge < -0.3 is 15.4 Å². The van der Waals surface area contributed by atoms with Crippen molar-refractivity contribution in [1.29, 1.82) is 0 Å². The van der Waals surface area contributed by atoms with E-state index in [1.54, 1.807) is 19.2 Å². The van der Waals surface area contributed by atoms with Crippen LogP contribution in [0.4, 0.5) is 4.39 Å². The van der Waals surface area contributed by atoms with E-state index in [1.165, 1.54) is 12.1 Å². The topological polar surface area (TPSA) is 45.7 Å². The molecule has 0 aliphatic carbocycles. The number of aliphatic imine (C=N–C) groups is 1. The van der Waals surface area contributed by atoms with E-state index in [-0.39, 0.29) is 29.8 Å². The molecule has 0 aliphatic rings. The van der Waals surface area contributed by atoms with Crippen LogP contribution >= 0.6 is 24.0 Å². The van der Waals surface area contributed by atoms with Crippen LogP contribution in [-0.4, -0.2) is 32.2 Å². The van der Waals surface area contributed by atoms with Crippen LogP contribution in [0, 0.1) is 5.82 Å². The van der Waals surface area contributed by atoms with E-state index < -0.39 is 0 Å². The fourth-order valence-electron chi connectivity index (χ4n) is 1.47. The smallest absolute Gasteiger partial charge is 0.191 e. The molecule has 2 N–H and O–H groups in total. The maximum absolute atomic E-state index is 12.7. The van der Waals surface area contributed by atoms with Gasteiger partial charge in [0, 0.05) is 19.6 Å². The molecule has 20 heavy (non-hydrogen) atoms. The molecule has 0 saturated heterocycles. The normalized spacial score (nSPS) is 10.9. The van der Waals surface area contributed by atoms with Gasteiger partial charge in [-0.3, -0.25) is 4.99 Å². The second kappa shape index (κ2) is 10.7. The fraction of sp³-hybridized carbons (Fsp3) is 0.500. The third-order valence-electron chi connectivity index (χ3n) is 2.34. The van der Waals surface area contributed by atoms with Gasteiger partial charge in [-0.1, -0.05) is 0 Å². The first-order valence-electron chi connectivity index (χ1n) is 6.47. The zero-order valence-corrected chi connectivity index (χ0v) is 14.5. The fourth-order valence-corrected chi connectivity index (χ4v) is 1.47. The molecule has 0 unspecified atom stereocenters. The lowest BCUT2D eigenvalue weighted by atomic mass is 10.3. The highest BCUT2D eigenvalue weighted by Crippen LogP contribution is 2.10. The summed E-state index contributed by atoms with van der Waals surface area (Å²) < 4.78 is 18.2. The molecule has 0 bridgehead atoms. The maximum Gasteiger partial charge on any atom is 0.191 e. The third kappa shape index (κ3) is 8.19. The van der Waals surface area contributed by atoms with Crippen LogP contribution in [-0.2, 0) is 0 Å². The van der Waals surface area contributed by atoms with Crippen molar-refractivity contribution in [1.82, 2.24) is 10.6 Å². The number of hydrogen-bond acceptors (Lipinski definition) is 2. The minimum Gasteiger partial charge on any atom is -0.494 e. The van der Waals surface area contributed by atoms with E-state index in [9.17, 15) is 4.39 Å². The van der Waals surface area contributed by atoms with Gasteiger partial charge in [-0.25, -0.2) is 4.39 Å². The molecule has 0 saturated carbocycles. The molecule has 0 amide bonds. The summed E-state index contributed by atoms with van der Waals surface area (Å²) in [6.45, 7) is 5.47. The molecule has 0 aromatic heterocycles. The first kappa shape index (κ1) is 18.9. The van der Waals surface area contributed by atoms with Crippen molar-refractivity contribution in [3.8, 4) is 5.75 Å². The summed E-state index contributed by atoms with van der Waals surface area (Å²) in [6.07, 6.45) is 0.843. The van der Waals surface area contributed by atoms with E-state index in [0.29, 0.717) is 18.4 Å². The molecule has 0 fully saturated rings. The highest BCUT2D eigenvalue weighted by atomic mass is 127. The van der Waals surface area contributed by atoms with Crippen LogP contribution in [0.25, 0.3) is 0 Å². The minimum absolute atomic E-state index is 0. The number of ether oxygens (including phenoxy) is 1. The molecule has 0 atom stereocenters. The number of rotatable bonds is 6. The summed E-state index contributed by atoms with van der Waals surface area (Å²) in [4.78, 5) is 4.11.